The van der Waals surface area contributed by atoms with Gasteiger partial charge in [0.15, 0.2) is 0 Å². The van der Waals surface area contributed by atoms with Crippen LogP contribution in [-0.2, 0) is 0 Å². The van der Waals surface area contributed by atoms with Gasteiger partial charge in [0.2, 0.25) is 0 Å². The van der Waals surface area contributed by atoms with Gasteiger partial charge in [0.05, 0.1) is 0 Å². The molecule has 108 valence electrons. The molecule has 0 spiro atoms. The van der Waals surface area contributed by atoms with Crippen molar-refractivity contribution in [2.24, 2.45) is 5.92 Å². The predicted molar refractivity (Wildman–Crippen MR) is 74.8 cm³/mol. The topological polar surface area (TPSA) is 41.5 Å². The van der Waals surface area contributed by atoms with Gasteiger partial charge in [-0.15, -0.1) is 0 Å². The molecule has 1 aromatic carbocycles. The van der Waals surface area contributed by atoms with Crippen LogP contribution in [-0.4, -0.2) is 30.9 Å². The third kappa shape index (κ3) is 7.80. The molecule has 0 aliphatic carbocycles. The number of hydrogen-bond acceptors (Lipinski definition) is 3. The van der Waals surface area contributed by atoms with Gasteiger partial charge in [0.1, 0.15) is 24.3 Å². The molecule has 3 nitrogen and oxygen atoms in total. The average Bonchev–Trinajstić information content (AvgIpc) is 2.37. The van der Waals surface area contributed by atoms with Crippen LogP contribution < -0.4 is 10.1 Å². The molecule has 1 aromatic rings. The zero-order valence-corrected chi connectivity index (χ0v) is 11.7. The Morgan fingerprint density at radius 3 is 2.58 bits per heavy atom. The van der Waals surface area contributed by atoms with Crippen LogP contribution in [0.25, 0.3) is 0 Å². The molecule has 0 bridgehead atoms. The van der Waals surface area contributed by atoms with Gasteiger partial charge in [-0.05, 0) is 49.6 Å². The lowest BCUT2D eigenvalue weighted by atomic mass is 10.1. The summed E-state index contributed by atoms with van der Waals surface area (Å²) in [4.78, 5) is 0. The van der Waals surface area contributed by atoms with Crippen molar-refractivity contribution in [3.8, 4) is 5.75 Å². The Hall–Kier alpha value is -1.13. The summed E-state index contributed by atoms with van der Waals surface area (Å²) in [5.41, 5.74) is 0. The van der Waals surface area contributed by atoms with E-state index in [1.807, 2.05) is 0 Å². The minimum Gasteiger partial charge on any atom is -0.491 e. The molecule has 19 heavy (non-hydrogen) atoms. The molecule has 0 saturated carbocycles. The van der Waals surface area contributed by atoms with Gasteiger partial charge in [-0.2, -0.15) is 0 Å². The summed E-state index contributed by atoms with van der Waals surface area (Å²) < 4.78 is 18.0. The fraction of sp³-hybridized carbons (Fsp3) is 0.600. The third-order valence-corrected chi connectivity index (χ3v) is 2.77. The Morgan fingerprint density at radius 2 is 1.95 bits per heavy atom. The van der Waals surface area contributed by atoms with Crippen molar-refractivity contribution in [3.05, 3.63) is 30.1 Å². The fourth-order valence-corrected chi connectivity index (χ4v) is 1.69. The van der Waals surface area contributed by atoms with Gasteiger partial charge in [-0.3, -0.25) is 0 Å². The molecule has 0 aromatic heterocycles. The van der Waals surface area contributed by atoms with Crippen LogP contribution in [0, 0.1) is 11.7 Å². The minimum atomic E-state index is -0.552. The Kier molecular flexibility index (Phi) is 7.45. The predicted octanol–water partition coefficient (Wildman–Crippen LogP) is 2.59. The second-order valence-corrected chi connectivity index (χ2v) is 5.16. The molecule has 1 atom stereocenters. The van der Waals surface area contributed by atoms with Gasteiger partial charge in [-0.1, -0.05) is 13.8 Å². The van der Waals surface area contributed by atoms with E-state index in [2.05, 4.69) is 19.2 Å². The first-order valence-corrected chi connectivity index (χ1v) is 6.85. The van der Waals surface area contributed by atoms with E-state index in [9.17, 15) is 9.50 Å². The lowest BCUT2D eigenvalue weighted by molar-refractivity contribution is 0.106. The highest BCUT2D eigenvalue weighted by Gasteiger charge is 2.05. The normalized spacial score (nSPS) is 12.7. The zero-order valence-electron chi connectivity index (χ0n) is 11.7. The van der Waals surface area contributed by atoms with Gasteiger partial charge >= 0.3 is 0 Å². The summed E-state index contributed by atoms with van der Waals surface area (Å²) in [5.74, 6) is 0.994. The lowest BCUT2D eigenvalue weighted by Crippen LogP contribution is -2.32. The van der Waals surface area contributed by atoms with Gasteiger partial charge in [-0.25, -0.2) is 4.39 Å². The number of nitrogens with one attached hydrogen (secondary N) is 1. The molecule has 1 rings (SSSR count). The first-order valence-electron chi connectivity index (χ1n) is 6.85. The Bertz CT molecular complexity index is 341. The molecule has 0 fully saturated rings. The summed E-state index contributed by atoms with van der Waals surface area (Å²) in [6.07, 6.45) is 1.75. The van der Waals surface area contributed by atoms with Gasteiger partial charge in [0, 0.05) is 6.54 Å². The summed E-state index contributed by atoms with van der Waals surface area (Å²) in [5, 5.41) is 12.9. The average molecular weight is 269 g/mol. The number of ether oxygens (including phenoxy) is 1. The van der Waals surface area contributed by atoms with Gasteiger partial charge < -0.3 is 15.2 Å². The molecule has 0 amide bonds. The Morgan fingerprint density at radius 1 is 1.26 bits per heavy atom. The molecular weight excluding hydrogens is 245 g/mol. The van der Waals surface area contributed by atoms with Crippen LogP contribution in [0.4, 0.5) is 4.39 Å². The molecule has 0 heterocycles. The van der Waals surface area contributed by atoms with Crippen molar-refractivity contribution in [2.75, 3.05) is 19.7 Å². The summed E-state index contributed by atoms with van der Waals surface area (Å²) >= 11 is 0. The second kappa shape index (κ2) is 8.88. The zero-order chi connectivity index (χ0) is 14.1. The molecule has 0 aliphatic rings. The number of halogens is 1. The fourth-order valence-electron chi connectivity index (χ4n) is 1.69. The Labute approximate surface area is 114 Å². The maximum Gasteiger partial charge on any atom is 0.123 e. The van der Waals surface area contributed by atoms with Crippen molar-refractivity contribution in [1.29, 1.82) is 0 Å². The number of hydrogen-bond donors (Lipinski definition) is 2. The molecule has 0 saturated heterocycles. The lowest BCUT2D eigenvalue weighted by Gasteiger charge is -2.13. The maximum absolute atomic E-state index is 12.7. The van der Waals surface area contributed by atoms with E-state index in [0.29, 0.717) is 18.2 Å². The van der Waals surface area contributed by atoms with E-state index in [-0.39, 0.29) is 12.4 Å². The highest BCUT2D eigenvalue weighted by Crippen LogP contribution is 2.11. The van der Waals surface area contributed by atoms with Gasteiger partial charge in [0.25, 0.3) is 0 Å². The highest BCUT2D eigenvalue weighted by molar-refractivity contribution is 5.22. The number of benzene rings is 1. The highest BCUT2D eigenvalue weighted by atomic mass is 19.1. The van der Waals surface area contributed by atoms with Crippen LogP contribution in [0.3, 0.4) is 0 Å². The first-order chi connectivity index (χ1) is 9.08. The second-order valence-electron chi connectivity index (χ2n) is 5.16. The van der Waals surface area contributed by atoms with Crippen LogP contribution >= 0.6 is 0 Å². The van der Waals surface area contributed by atoms with E-state index in [1.54, 1.807) is 12.1 Å². The van der Waals surface area contributed by atoms with Crippen LogP contribution in [0.2, 0.25) is 0 Å². The SMILES string of the molecule is CC(C)CCCNCC(O)COc1ccc(F)cc1. The molecule has 0 radical (unpaired) electrons. The molecule has 4 heteroatoms. The summed E-state index contributed by atoms with van der Waals surface area (Å²) in [6, 6.07) is 5.79. The van der Waals surface area contributed by atoms with E-state index >= 15 is 0 Å². The van der Waals surface area contributed by atoms with Crippen molar-refractivity contribution in [1.82, 2.24) is 5.32 Å². The maximum atomic E-state index is 12.7. The molecule has 2 N–H and O–H groups in total. The van der Waals surface area contributed by atoms with Crippen molar-refractivity contribution in [3.63, 3.8) is 0 Å². The van der Waals surface area contributed by atoms with Crippen molar-refractivity contribution >= 4 is 0 Å². The monoisotopic (exact) mass is 269 g/mol. The van der Waals surface area contributed by atoms with E-state index in [1.165, 1.54) is 18.6 Å². The van der Waals surface area contributed by atoms with Crippen molar-refractivity contribution in [2.45, 2.75) is 32.8 Å². The number of aliphatic hydroxyl groups excluding tert-OH is 1. The minimum absolute atomic E-state index is 0.211. The quantitative estimate of drug-likeness (QED) is 0.677. The van der Waals surface area contributed by atoms with Crippen LogP contribution in [0.1, 0.15) is 26.7 Å². The van der Waals surface area contributed by atoms with E-state index in [0.717, 1.165) is 13.0 Å². The largest absolute Gasteiger partial charge is 0.491 e. The Balaban J connectivity index is 2.07. The molecule has 1 unspecified atom stereocenters. The molecule has 0 aliphatic heterocycles. The molecular formula is C15H24FNO2. The summed E-state index contributed by atoms with van der Waals surface area (Å²) in [6.45, 7) is 6.03. The van der Waals surface area contributed by atoms with E-state index < -0.39 is 6.10 Å². The summed E-state index contributed by atoms with van der Waals surface area (Å²) in [7, 11) is 0. The smallest absolute Gasteiger partial charge is 0.123 e. The first kappa shape index (κ1) is 15.9. The van der Waals surface area contributed by atoms with Crippen LogP contribution in [0.15, 0.2) is 24.3 Å². The third-order valence-electron chi connectivity index (χ3n) is 2.77. The van der Waals surface area contributed by atoms with E-state index in [4.69, 9.17) is 4.74 Å². The standard InChI is InChI=1S/C15H24FNO2/c1-12(2)4-3-9-17-10-14(18)11-19-15-7-5-13(16)6-8-15/h5-8,12,14,17-18H,3-4,9-11H2,1-2H3. The number of rotatable bonds is 9. The number of aliphatic hydroxyl groups is 1. The van der Waals surface area contributed by atoms with Crippen LogP contribution in [0.5, 0.6) is 5.75 Å². The van der Waals surface area contributed by atoms with Crippen molar-refractivity contribution < 1.29 is 14.2 Å².